The third kappa shape index (κ3) is 5.24. The molecule has 0 unspecified atom stereocenters. The van der Waals surface area contributed by atoms with Gasteiger partial charge < -0.3 is 0 Å². The molecule has 27 heavy (non-hydrogen) atoms. The van der Waals surface area contributed by atoms with Crippen molar-refractivity contribution in [2.24, 2.45) is 0 Å². The third-order valence-corrected chi connectivity index (χ3v) is 4.74. The van der Waals surface area contributed by atoms with Crippen molar-refractivity contribution >= 4 is 11.6 Å². The Balaban J connectivity index is 1.75. The lowest BCUT2D eigenvalue weighted by molar-refractivity contribution is -0.116. The van der Waals surface area contributed by atoms with E-state index >= 15 is 0 Å². The number of hydrogen-bond donors (Lipinski definition) is 0. The van der Waals surface area contributed by atoms with Crippen LogP contribution in [-0.4, -0.2) is 11.6 Å². The topological polar surface area (TPSA) is 34.1 Å². The Hall–Kier alpha value is -3.00. The normalized spacial score (nSPS) is 10.6. The molecule has 0 atom stereocenters. The minimum absolute atomic E-state index is 0.0928. The predicted molar refractivity (Wildman–Crippen MR) is 109 cm³/mol. The average Bonchev–Trinajstić information content (AvgIpc) is 2.65. The summed E-state index contributed by atoms with van der Waals surface area (Å²) in [5, 5.41) is 0. The van der Waals surface area contributed by atoms with E-state index in [0.717, 1.165) is 24.0 Å². The van der Waals surface area contributed by atoms with Crippen LogP contribution in [0.1, 0.15) is 52.0 Å². The van der Waals surface area contributed by atoms with E-state index in [2.05, 4.69) is 36.4 Å². The van der Waals surface area contributed by atoms with E-state index in [0.29, 0.717) is 6.42 Å². The Labute approximate surface area is 160 Å². The summed E-state index contributed by atoms with van der Waals surface area (Å²) in [7, 11) is 0. The molecule has 3 rings (SSSR count). The smallest absolute Gasteiger partial charge is 0.159 e. The highest BCUT2D eigenvalue weighted by molar-refractivity contribution is 5.94. The zero-order valence-electron chi connectivity index (χ0n) is 15.9. The maximum absolute atomic E-state index is 11.4. The van der Waals surface area contributed by atoms with Gasteiger partial charge in [0.2, 0.25) is 0 Å². The Morgan fingerprint density at radius 3 is 1.52 bits per heavy atom. The molecule has 3 aromatic carbocycles. The van der Waals surface area contributed by atoms with Gasteiger partial charge in [0.25, 0.3) is 0 Å². The van der Waals surface area contributed by atoms with Gasteiger partial charge in [-0.25, -0.2) is 0 Å². The van der Waals surface area contributed by atoms with Crippen LogP contribution in [0.15, 0.2) is 72.8 Å². The monoisotopic (exact) mass is 356 g/mol. The highest BCUT2D eigenvalue weighted by Gasteiger charge is 2.06. The van der Waals surface area contributed by atoms with Gasteiger partial charge in [-0.05, 0) is 54.5 Å². The van der Waals surface area contributed by atoms with E-state index in [9.17, 15) is 9.59 Å². The van der Waals surface area contributed by atoms with E-state index in [-0.39, 0.29) is 11.6 Å². The summed E-state index contributed by atoms with van der Waals surface area (Å²) in [5.74, 6) is 0.277. The summed E-state index contributed by atoms with van der Waals surface area (Å²) < 4.78 is 0. The number of Topliss-reactive ketones (excluding diaryl/α,β-unsaturated/α-hetero) is 2. The lowest BCUT2D eigenvalue weighted by Crippen LogP contribution is -1.99. The molecule has 0 heterocycles. The molecule has 2 nitrogen and oxygen atoms in total. The SMILES string of the molecule is CC(=O)Cc1ccc(Cc2ccccc2Cc2ccc(C(C)=O)cc2)cc1. The van der Waals surface area contributed by atoms with Crippen LogP contribution in [0.3, 0.4) is 0 Å². The van der Waals surface area contributed by atoms with Crippen LogP contribution < -0.4 is 0 Å². The quantitative estimate of drug-likeness (QED) is 0.545. The Kier molecular flexibility index (Phi) is 5.97. The maximum atomic E-state index is 11.4. The van der Waals surface area contributed by atoms with Crippen molar-refractivity contribution in [2.45, 2.75) is 33.1 Å². The Morgan fingerprint density at radius 1 is 0.630 bits per heavy atom. The third-order valence-electron chi connectivity index (χ3n) is 4.74. The van der Waals surface area contributed by atoms with Crippen LogP contribution in [0.2, 0.25) is 0 Å². The molecule has 0 aromatic heterocycles. The van der Waals surface area contributed by atoms with Gasteiger partial charge in [-0.1, -0.05) is 72.8 Å². The van der Waals surface area contributed by atoms with Crippen molar-refractivity contribution in [1.29, 1.82) is 0 Å². The molecule has 0 saturated carbocycles. The van der Waals surface area contributed by atoms with Gasteiger partial charge >= 0.3 is 0 Å². The highest BCUT2D eigenvalue weighted by atomic mass is 16.1. The summed E-state index contributed by atoms with van der Waals surface area (Å²) in [6.45, 7) is 3.21. The molecule has 0 fully saturated rings. The van der Waals surface area contributed by atoms with Crippen LogP contribution in [0, 0.1) is 0 Å². The second-order valence-corrected chi connectivity index (χ2v) is 7.07. The van der Waals surface area contributed by atoms with Crippen molar-refractivity contribution in [3.63, 3.8) is 0 Å². The van der Waals surface area contributed by atoms with Crippen LogP contribution in [0.25, 0.3) is 0 Å². The second-order valence-electron chi connectivity index (χ2n) is 7.07. The zero-order chi connectivity index (χ0) is 19.2. The molecule has 3 aromatic rings. The van der Waals surface area contributed by atoms with Gasteiger partial charge in [0.05, 0.1) is 0 Å². The number of carbonyl (C=O) groups is 2. The summed E-state index contributed by atoms with van der Waals surface area (Å²) in [6.07, 6.45) is 2.20. The van der Waals surface area contributed by atoms with Crippen LogP contribution in [-0.2, 0) is 24.1 Å². The molecule has 0 spiro atoms. The van der Waals surface area contributed by atoms with Crippen molar-refractivity contribution in [2.75, 3.05) is 0 Å². The molecule has 2 heteroatoms. The van der Waals surface area contributed by atoms with E-state index in [1.807, 2.05) is 36.4 Å². The maximum Gasteiger partial charge on any atom is 0.159 e. The molecule has 0 aliphatic rings. The summed E-state index contributed by atoms with van der Waals surface area (Å²) in [5.41, 5.74) is 6.84. The van der Waals surface area contributed by atoms with E-state index in [1.165, 1.54) is 22.3 Å². The number of benzene rings is 3. The fraction of sp³-hybridized carbons (Fsp3) is 0.200. The standard InChI is InChI=1S/C25H24O2/c1-18(26)15-20-7-9-21(10-8-20)16-24-5-3-4-6-25(24)17-22-11-13-23(14-12-22)19(2)27/h3-14H,15-17H2,1-2H3. The van der Waals surface area contributed by atoms with Gasteiger partial charge in [-0.15, -0.1) is 0 Å². The summed E-state index contributed by atoms with van der Waals surface area (Å²) in [4.78, 5) is 22.7. The summed E-state index contributed by atoms with van der Waals surface area (Å²) >= 11 is 0. The van der Waals surface area contributed by atoms with Crippen LogP contribution >= 0.6 is 0 Å². The van der Waals surface area contributed by atoms with E-state index < -0.39 is 0 Å². The molecule has 0 aliphatic heterocycles. The van der Waals surface area contributed by atoms with Gasteiger partial charge in [0.1, 0.15) is 5.78 Å². The molecule has 136 valence electrons. The van der Waals surface area contributed by atoms with Crippen LogP contribution in [0.5, 0.6) is 0 Å². The molecular formula is C25H24O2. The second kappa shape index (κ2) is 8.59. The number of rotatable bonds is 7. The Bertz CT molecular complexity index is 935. The van der Waals surface area contributed by atoms with Gasteiger partial charge in [0.15, 0.2) is 5.78 Å². The van der Waals surface area contributed by atoms with Crippen LogP contribution in [0.4, 0.5) is 0 Å². The molecule has 0 N–H and O–H groups in total. The molecule has 0 amide bonds. The first kappa shape index (κ1) is 18.8. The van der Waals surface area contributed by atoms with Gasteiger partial charge in [-0.3, -0.25) is 9.59 Å². The van der Waals surface area contributed by atoms with Crippen molar-refractivity contribution in [3.8, 4) is 0 Å². The molecule has 0 aliphatic carbocycles. The first-order valence-electron chi connectivity index (χ1n) is 9.25. The van der Waals surface area contributed by atoms with Gasteiger partial charge in [-0.2, -0.15) is 0 Å². The summed E-state index contributed by atoms with van der Waals surface area (Å²) in [6, 6.07) is 24.6. The largest absolute Gasteiger partial charge is 0.300 e. The minimum Gasteiger partial charge on any atom is -0.300 e. The number of carbonyl (C=O) groups excluding carboxylic acids is 2. The van der Waals surface area contributed by atoms with Crippen molar-refractivity contribution in [3.05, 3.63) is 106 Å². The fourth-order valence-corrected chi connectivity index (χ4v) is 3.26. The fourth-order valence-electron chi connectivity index (χ4n) is 3.26. The lowest BCUT2D eigenvalue weighted by Gasteiger charge is -2.11. The zero-order valence-corrected chi connectivity index (χ0v) is 15.9. The number of ketones is 2. The van der Waals surface area contributed by atoms with Crippen molar-refractivity contribution < 1.29 is 9.59 Å². The first-order chi connectivity index (χ1) is 13.0. The van der Waals surface area contributed by atoms with E-state index in [1.54, 1.807) is 13.8 Å². The molecule has 0 saturated heterocycles. The highest BCUT2D eigenvalue weighted by Crippen LogP contribution is 2.19. The van der Waals surface area contributed by atoms with E-state index in [4.69, 9.17) is 0 Å². The predicted octanol–water partition coefficient (Wildman–Crippen LogP) is 5.20. The molecule has 0 bridgehead atoms. The van der Waals surface area contributed by atoms with Crippen molar-refractivity contribution in [1.82, 2.24) is 0 Å². The minimum atomic E-state index is 0.0928. The first-order valence-corrected chi connectivity index (χ1v) is 9.25. The van der Waals surface area contributed by atoms with Gasteiger partial charge in [0, 0.05) is 12.0 Å². The average molecular weight is 356 g/mol. The molecule has 0 radical (unpaired) electrons. The lowest BCUT2D eigenvalue weighted by atomic mass is 9.94. The molecular weight excluding hydrogens is 332 g/mol. The Morgan fingerprint density at radius 2 is 1.07 bits per heavy atom. The number of hydrogen-bond acceptors (Lipinski definition) is 2.